The fraction of sp³-hybridized carbons (Fsp3) is 0.310. The van der Waals surface area contributed by atoms with Crippen LogP contribution in [0.1, 0.15) is 31.7 Å². The fourth-order valence-corrected chi connectivity index (χ4v) is 6.88. The van der Waals surface area contributed by atoms with E-state index in [1.54, 1.807) is 30.3 Å². The van der Waals surface area contributed by atoms with Gasteiger partial charge in [-0.15, -0.1) is 0 Å². The van der Waals surface area contributed by atoms with E-state index in [0.29, 0.717) is 52.3 Å². The average Bonchev–Trinajstić information content (AvgIpc) is 3.59. The minimum Gasteiger partial charge on any atom is -0.376 e. The van der Waals surface area contributed by atoms with Gasteiger partial charge in [-0.2, -0.15) is 10.0 Å². The molecule has 37 heavy (non-hydrogen) atoms. The van der Waals surface area contributed by atoms with Gasteiger partial charge in [-0.1, -0.05) is 36.4 Å². The van der Waals surface area contributed by atoms with Crippen molar-refractivity contribution >= 4 is 39.2 Å². The molecule has 3 aliphatic rings. The number of hydrogen-bond donors (Lipinski definition) is 0. The third-order valence-corrected chi connectivity index (χ3v) is 8.56. The van der Waals surface area contributed by atoms with Crippen LogP contribution in [0.5, 0.6) is 0 Å². The zero-order valence-electron chi connectivity index (χ0n) is 20.1. The molecule has 3 fully saturated rings. The van der Waals surface area contributed by atoms with E-state index in [2.05, 4.69) is 6.07 Å². The maximum absolute atomic E-state index is 14.0. The number of para-hydroxylation sites is 1. The number of carbonyl (C=O) groups excluding carboxylic acids is 2. The second-order valence-corrected chi connectivity index (χ2v) is 10.5. The summed E-state index contributed by atoms with van der Waals surface area (Å²) < 4.78 is 13.6. The molecule has 4 heterocycles. The summed E-state index contributed by atoms with van der Waals surface area (Å²) in [6.45, 7) is 2.16. The second kappa shape index (κ2) is 7.40. The highest BCUT2D eigenvalue weighted by Crippen LogP contribution is 2.62. The van der Waals surface area contributed by atoms with E-state index >= 15 is 0 Å². The van der Waals surface area contributed by atoms with Crippen molar-refractivity contribution in [3.8, 4) is 6.07 Å². The lowest BCUT2D eigenvalue weighted by atomic mass is 9.67. The van der Waals surface area contributed by atoms with Crippen LogP contribution < -0.4 is 10.5 Å². The number of aryl methyl sites for hydroxylation is 1. The van der Waals surface area contributed by atoms with Gasteiger partial charge in [0.15, 0.2) is 5.58 Å². The number of hydrogen-bond acceptors (Lipinski definition) is 6. The Kier molecular flexibility index (Phi) is 4.40. The molecule has 2 bridgehead atoms. The van der Waals surface area contributed by atoms with E-state index in [1.807, 2.05) is 37.3 Å². The van der Waals surface area contributed by atoms with Gasteiger partial charge in [0, 0.05) is 10.8 Å². The number of carbonyl (C=O) groups is 2. The Labute approximate surface area is 211 Å². The zero-order valence-corrected chi connectivity index (χ0v) is 20.1. The van der Waals surface area contributed by atoms with Gasteiger partial charge in [0.05, 0.1) is 52.3 Å². The standard InChI is InChI=1S/C29H23N3O5/c1-28-12-13-29(37-28,14-15-31-25(33)20-8-4-5-9-22(20)36-31)24-23(28)26(34)32(27(24)35)21-11-10-17(16-30)18-6-2-3-7-19(18)21/h2-11,23-24H,12-15H2,1H3/t23-,24+,28-,29-/m1/s1. The molecule has 3 saturated heterocycles. The van der Waals surface area contributed by atoms with Gasteiger partial charge >= 0.3 is 0 Å². The molecular weight excluding hydrogens is 470 g/mol. The Morgan fingerprint density at radius 3 is 2.38 bits per heavy atom. The molecule has 2 amide bonds. The number of rotatable bonds is 4. The maximum atomic E-state index is 14.0. The number of benzene rings is 3. The van der Waals surface area contributed by atoms with Crippen molar-refractivity contribution < 1.29 is 18.8 Å². The highest BCUT2D eigenvalue weighted by Gasteiger charge is 2.73. The van der Waals surface area contributed by atoms with Gasteiger partial charge in [-0.3, -0.25) is 14.4 Å². The predicted molar refractivity (Wildman–Crippen MR) is 135 cm³/mol. The molecule has 4 atom stereocenters. The highest BCUT2D eigenvalue weighted by molar-refractivity contribution is 6.26. The van der Waals surface area contributed by atoms with Crippen LogP contribution in [-0.2, 0) is 20.9 Å². The molecular formula is C29H23N3O5. The first-order chi connectivity index (χ1) is 17.9. The van der Waals surface area contributed by atoms with Crippen molar-refractivity contribution in [2.75, 3.05) is 4.90 Å². The molecule has 3 aromatic carbocycles. The van der Waals surface area contributed by atoms with Crippen molar-refractivity contribution in [1.82, 2.24) is 4.74 Å². The number of amides is 2. The van der Waals surface area contributed by atoms with Gasteiger partial charge in [-0.05, 0) is 50.5 Å². The Morgan fingerprint density at radius 2 is 1.62 bits per heavy atom. The molecule has 8 nitrogen and oxygen atoms in total. The lowest BCUT2D eigenvalue weighted by molar-refractivity contribution is -0.131. The average molecular weight is 494 g/mol. The lowest BCUT2D eigenvalue weighted by Crippen LogP contribution is -2.43. The molecule has 0 radical (unpaired) electrons. The monoisotopic (exact) mass is 493 g/mol. The number of imide groups is 1. The van der Waals surface area contributed by atoms with Crippen LogP contribution in [0.3, 0.4) is 0 Å². The van der Waals surface area contributed by atoms with Gasteiger partial charge in [-0.25, -0.2) is 4.90 Å². The van der Waals surface area contributed by atoms with Crippen LogP contribution in [-0.4, -0.2) is 27.8 Å². The first kappa shape index (κ1) is 22.0. The molecule has 7 rings (SSSR count). The van der Waals surface area contributed by atoms with E-state index in [4.69, 9.17) is 9.26 Å². The quantitative estimate of drug-likeness (QED) is 0.396. The van der Waals surface area contributed by atoms with Gasteiger partial charge < -0.3 is 9.26 Å². The number of nitrogens with zero attached hydrogens (tertiary/aromatic N) is 3. The number of ether oxygens (including phenoxy) is 1. The predicted octanol–water partition coefficient (Wildman–Crippen LogP) is 4.14. The first-order valence-corrected chi connectivity index (χ1v) is 12.5. The van der Waals surface area contributed by atoms with Crippen molar-refractivity contribution in [2.24, 2.45) is 11.8 Å². The van der Waals surface area contributed by atoms with E-state index in [-0.39, 0.29) is 23.9 Å². The molecule has 0 unspecified atom stereocenters. The van der Waals surface area contributed by atoms with Crippen LogP contribution in [0.25, 0.3) is 21.7 Å². The summed E-state index contributed by atoms with van der Waals surface area (Å²) in [5, 5.41) is 11.4. The Morgan fingerprint density at radius 1 is 0.919 bits per heavy atom. The topological polar surface area (TPSA) is 106 Å². The molecule has 1 aromatic heterocycles. The Hall–Kier alpha value is -4.22. The largest absolute Gasteiger partial charge is 0.376 e. The smallest absolute Gasteiger partial charge is 0.290 e. The highest BCUT2D eigenvalue weighted by atomic mass is 16.5. The van der Waals surface area contributed by atoms with Crippen molar-refractivity contribution in [3.63, 3.8) is 0 Å². The number of anilines is 1. The van der Waals surface area contributed by atoms with Crippen LogP contribution in [0.15, 0.2) is 70.0 Å². The Balaban J connectivity index is 1.27. The van der Waals surface area contributed by atoms with E-state index < -0.39 is 23.0 Å². The van der Waals surface area contributed by atoms with Crippen LogP contribution >= 0.6 is 0 Å². The summed E-state index contributed by atoms with van der Waals surface area (Å²) in [5.74, 6) is -1.80. The SMILES string of the molecule is C[C@]12CC[C@](CCn3oc4ccccc4c3=O)(O1)[C@@H]1C(=O)N(c3ccc(C#N)c4ccccc34)C(=O)[C@@H]12. The summed E-state index contributed by atoms with van der Waals surface area (Å²) in [6, 6.07) is 19.9. The van der Waals surface area contributed by atoms with Crippen LogP contribution in [0.4, 0.5) is 5.69 Å². The molecule has 0 spiro atoms. The lowest BCUT2D eigenvalue weighted by Gasteiger charge is -2.31. The maximum Gasteiger partial charge on any atom is 0.290 e. The summed E-state index contributed by atoms with van der Waals surface area (Å²) in [6.07, 6.45) is 1.66. The summed E-state index contributed by atoms with van der Waals surface area (Å²) in [5.41, 5.74) is -0.346. The van der Waals surface area contributed by atoms with Gasteiger partial charge in [0.25, 0.3) is 5.56 Å². The number of aromatic nitrogens is 1. The molecule has 4 aromatic rings. The van der Waals surface area contributed by atoms with Gasteiger partial charge in [0.2, 0.25) is 11.8 Å². The van der Waals surface area contributed by atoms with Crippen LogP contribution in [0, 0.1) is 23.2 Å². The third-order valence-electron chi connectivity index (χ3n) is 8.56. The third kappa shape index (κ3) is 2.83. The molecule has 3 aliphatic heterocycles. The first-order valence-electron chi connectivity index (χ1n) is 12.5. The molecule has 8 heteroatoms. The summed E-state index contributed by atoms with van der Waals surface area (Å²) in [4.78, 5) is 42.0. The van der Waals surface area contributed by atoms with E-state index in [0.717, 1.165) is 0 Å². The van der Waals surface area contributed by atoms with Crippen LogP contribution in [0.2, 0.25) is 0 Å². The Bertz CT molecular complexity index is 1750. The number of nitriles is 1. The summed E-state index contributed by atoms with van der Waals surface area (Å²) >= 11 is 0. The fourth-order valence-electron chi connectivity index (χ4n) is 6.88. The van der Waals surface area contributed by atoms with Gasteiger partial charge in [0.1, 0.15) is 0 Å². The zero-order chi connectivity index (χ0) is 25.5. The van der Waals surface area contributed by atoms with Crippen molar-refractivity contribution in [1.29, 1.82) is 5.26 Å². The number of fused-ring (bicyclic) bond motifs is 7. The minimum absolute atomic E-state index is 0.221. The second-order valence-electron chi connectivity index (χ2n) is 10.5. The normalized spacial score (nSPS) is 28.4. The van der Waals surface area contributed by atoms with E-state index in [1.165, 1.54) is 9.64 Å². The molecule has 0 saturated carbocycles. The summed E-state index contributed by atoms with van der Waals surface area (Å²) in [7, 11) is 0. The van der Waals surface area contributed by atoms with Crippen molar-refractivity contribution in [2.45, 2.75) is 43.9 Å². The molecule has 0 aliphatic carbocycles. The molecule has 184 valence electrons. The van der Waals surface area contributed by atoms with Crippen molar-refractivity contribution in [3.05, 3.63) is 76.6 Å². The molecule has 0 N–H and O–H groups in total. The van der Waals surface area contributed by atoms with E-state index in [9.17, 15) is 19.6 Å². The minimum atomic E-state index is -0.859.